The maximum Gasteiger partial charge on any atom is 0.237 e. The molecule has 3 N–H and O–H groups in total. The van der Waals surface area contributed by atoms with Gasteiger partial charge in [-0.2, -0.15) is 0 Å². The molecule has 1 aliphatic heterocycles. The Kier molecular flexibility index (Phi) is 6.96. The van der Waals surface area contributed by atoms with Gasteiger partial charge in [0.25, 0.3) is 0 Å². The number of amides is 1. The van der Waals surface area contributed by atoms with Crippen LogP contribution in [0.1, 0.15) is 59.8 Å². The Morgan fingerprint density at radius 3 is 2.60 bits per heavy atom. The van der Waals surface area contributed by atoms with E-state index >= 15 is 0 Å². The molecule has 1 fully saturated rings. The van der Waals surface area contributed by atoms with Gasteiger partial charge in [0, 0.05) is 12.6 Å². The number of hydrogen-bond donors (Lipinski definition) is 2. The summed E-state index contributed by atoms with van der Waals surface area (Å²) in [7, 11) is 0. The van der Waals surface area contributed by atoms with E-state index in [-0.39, 0.29) is 5.91 Å². The van der Waals surface area contributed by atoms with Crippen LogP contribution in [0.4, 0.5) is 0 Å². The van der Waals surface area contributed by atoms with Crippen molar-refractivity contribution in [3.05, 3.63) is 0 Å². The predicted molar refractivity (Wildman–Crippen MR) is 84.6 cm³/mol. The second-order valence-electron chi connectivity index (χ2n) is 6.77. The van der Waals surface area contributed by atoms with Gasteiger partial charge in [0.2, 0.25) is 5.91 Å². The van der Waals surface area contributed by atoms with E-state index in [1.165, 1.54) is 13.0 Å². The number of nitrogens with zero attached hydrogens (tertiary/aromatic N) is 1. The average molecular weight is 283 g/mol. The summed E-state index contributed by atoms with van der Waals surface area (Å²) in [5.74, 6) is 0.598. The lowest BCUT2D eigenvalue weighted by Crippen LogP contribution is -2.53. The Hall–Kier alpha value is -0.610. The molecule has 4 heteroatoms. The van der Waals surface area contributed by atoms with E-state index in [2.05, 4.69) is 31.0 Å². The van der Waals surface area contributed by atoms with Gasteiger partial charge in [-0.3, -0.25) is 4.79 Å². The Balaban J connectivity index is 2.29. The highest BCUT2D eigenvalue weighted by atomic mass is 16.1. The summed E-state index contributed by atoms with van der Waals surface area (Å²) in [5.41, 5.74) is 5.00. The highest BCUT2D eigenvalue weighted by Crippen LogP contribution is 2.23. The summed E-state index contributed by atoms with van der Waals surface area (Å²) in [5, 5.41) is 3.30. The second kappa shape index (κ2) is 7.99. The van der Waals surface area contributed by atoms with E-state index in [9.17, 15) is 4.79 Å². The van der Waals surface area contributed by atoms with Gasteiger partial charge in [-0.05, 0) is 65.0 Å². The first-order chi connectivity index (χ1) is 9.39. The molecule has 0 aromatic heterocycles. The minimum absolute atomic E-state index is 0.228. The minimum Gasteiger partial charge on any atom is -0.368 e. The van der Waals surface area contributed by atoms with E-state index < -0.39 is 5.54 Å². The highest BCUT2D eigenvalue weighted by Gasteiger charge is 2.30. The Morgan fingerprint density at radius 1 is 1.40 bits per heavy atom. The van der Waals surface area contributed by atoms with Crippen molar-refractivity contribution in [3.63, 3.8) is 0 Å². The van der Waals surface area contributed by atoms with E-state index in [4.69, 9.17) is 5.73 Å². The van der Waals surface area contributed by atoms with Crippen LogP contribution < -0.4 is 11.1 Å². The molecule has 1 amide bonds. The lowest BCUT2D eigenvalue weighted by Gasteiger charge is -2.28. The molecule has 3 atom stereocenters. The molecule has 1 heterocycles. The fraction of sp³-hybridized carbons (Fsp3) is 0.938. The molecule has 3 unspecified atom stereocenters. The molecule has 0 aromatic carbocycles. The normalized spacial score (nSPS) is 26.6. The van der Waals surface area contributed by atoms with Crippen LogP contribution in [-0.4, -0.2) is 42.0 Å². The van der Waals surface area contributed by atoms with Gasteiger partial charge in [0.15, 0.2) is 0 Å². The van der Waals surface area contributed by atoms with E-state index in [1.807, 2.05) is 6.92 Å². The Morgan fingerprint density at radius 2 is 2.10 bits per heavy atom. The van der Waals surface area contributed by atoms with Crippen LogP contribution in [0, 0.1) is 5.92 Å². The van der Waals surface area contributed by atoms with Crippen LogP contribution in [0.2, 0.25) is 0 Å². The number of nitrogens with two attached hydrogens (primary N) is 1. The monoisotopic (exact) mass is 283 g/mol. The van der Waals surface area contributed by atoms with Crippen molar-refractivity contribution in [2.75, 3.05) is 19.6 Å². The highest BCUT2D eigenvalue weighted by molar-refractivity contribution is 5.84. The van der Waals surface area contributed by atoms with Crippen molar-refractivity contribution in [3.8, 4) is 0 Å². The number of carbonyl (C=O) groups excluding carboxylic acids is 1. The van der Waals surface area contributed by atoms with Gasteiger partial charge >= 0.3 is 0 Å². The number of rotatable bonds is 9. The number of hydrogen-bond acceptors (Lipinski definition) is 3. The maximum absolute atomic E-state index is 11.6. The standard InChI is InChI=1S/C16H33N3O/c1-5-9-18-16(4,15(17)20)8-6-7-10-19-12-13(2)11-14(19)3/h13-14,18H,5-12H2,1-4H3,(H2,17,20). The van der Waals surface area contributed by atoms with Gasteiger partial charge in [0.05, 0.1) is 5.54 Å². The summed E-state index contributed by atoms with van der Waals surface area (Å²) in [6.45, 7) is 11.9. The first-order valence-corrected chi connectivity index (χ1v) is 8.18. The number of primary amides is 1. The molecule has 0 radical (unpaired) electrons. The largest absolute Gasteiger partial charge is 0.368 e. The molecule has 0 bridgehead atoms. The minimum atomic E-state index is -0.542. The van der Waals surface area contributed by atoms with E-state index in [0.717, 1.165) is 44.7 Å². The van der Waals surface area contributed by atoms with E-state index in [1.54, 1.807) is 0 Å². The Labute approximate surface area is 124 Å². The smallest absolute Gasteiger partial charge is 0.237 e. The molecule has 1 rings (SSSR count). The molecule has 4 nitrogen and oxygen atoms in total. The Bertz CT molecular complexity index is 308. The number of unbranched alkanes of at least 4 members (excludes halogenated alkanes) is 1. The number of nitrogens with one attached hydrogen (secondary N) is 1. The predicted octanol–water partition coefficient (Wildman–Crippen LogP) is 2.13. The van der Waals surface area contributed by atoms with Crippen molar-refractivity contribution in [2.24, 2.45) is 11.7 Å². The lowest BCUT2D eigenvalue weighted by molar-refractivity contribution is -0.124. The molecule has 0 aliphatic carbocycles. The van der Waals surface area contributed by atoms with Crippen molar-refractivity contribution < 1.29 is 4.79 Å². The fourth-order valence-electron chi connectivity index (χ4n) is 3.19. The number of likely N-dealkylation sites (tertiary alicyclic amines) is 1. The summed E-state index contributed by atoms with van der Waals surface area (Å²) in [6.07, 6.45) is 5.37. The van der Waals surface area contributed by atoms with Crippen molar-refractivity contribution in [2.45, 2.75) is 71.4 Å². The van der Waals surface area contributed by atoms with Gasteiger partial charge in [0.1, 0.15) is 0 Å². The third-order valence-corrected chi connectivity index (χ3v) is 4.59. The molecule has 0 saturated carbocycles. The number of carbonyl (C=O) groups is 1. The van der Waals surface area contributed by atoms with Crippen molar-refractivity contribution in [1.29, 1.82) is 0 Å². The third-order valence-electron chi connectivity index (χ3n) is 4.59. The van der Waals surface area contributed by atoms with Gasteiger partial charge < -0.3 is 16.0 Å². The SMILES string of the molecule is CCCNC(C)(CCCCN1CC(C)CC1C)C(N)=O. The van der Waals surface area contributed by atoms with E-state index in [0.29, 0.717) is 6.04 Å². The fourth-order valence-corrected chi connectivity index (χ4v) is 3.19. The molecule has 0 spiro atoms. The second-order valence-corrected chi connectivity index (χ2v) is 6.77. The molecule has 20 heavy (non-hydrogen) atoms. The molecule has 1 aliphatic rings. The van der Waals surface area contributed by atoms with Crippen LogP contribution in [0.3, 0.4) is 0 Å². The quantitative estimate of drug-likeness (QED) is 0.637. The van der Waals surface area contributed by atoms with Gasteiger partial charge in [-0.1, -0.05) is 13.8 Å². The maximum atomic E-state index is 11.6. The van der Waals surface area contributed by atoms with Crippen LogP contribution in [0.5, 0.6) is 0 Å². The summed E-state index contributed by atoms with van der Waals surface area (Å²) in [6, 6.07) is 0.714. The first-order valence-electron chi connectivity index (χ1n) is 8.18. The lowest BCUT2D eigenvalue weighted by atomic mass is 9.93. The summed E-state index contributed by atoms with van der Waals surface area (Å²) >= 11 is 0. The third kappa shape index (κ3) is 5.06. The van der Waals surface area contributed by atoms with Crippen molar-refractivity contribution >= 4 is 5.91 Å². The molecule has 0 aromatic rings. The summed E-state index contributed by atoms with van der Waals surface area (Å²) in [4.78, 5) is 14.2. The van der Waals surface area contributed by atoms with Crippen molar-refractivity contribution in [1.82, 2.24) is 10.2 Å². The first kappa shape index (κ1) is 17.4. The zero-order valence-electron chi connectivity index (χ0n) is 13.7. The van der Waals surface area contributed by atoms with Crippen LogP contribution in [-0.2, 0) is 4.79 Å². The summed E-state index contributed by atoms with van der Waals surface area (Å²) < 4.78 is 0. The molecule has 1 saturated heterocycles. The topological polar surface area (TPSA) is 58.4 Å². The zero-order chi connectivity index (χ0) is 15.2. The average Bonchev–Trinajstić information content (AvgIpc) is 2.70. The molecular weight excluding hydrogens is 250 g/mol. The van der Waals surface area contributed by atoms with Gasteiger partial charge in [-0.15, -0.1) is 0 Å². The zero-order valence-corrected chi connectivity index (χ0v) is 13.7. The van der Waals surface area contributed by atoms with Crippen LogP contribution in [0.15, 0.2) is 0 Å². The molecule has 118 valence electrons. The van der Waals surface area contributed by atoms with Crippen LogP contribution in [0.25, 0.3) is 0 Å². The van der Waals surface area contributed by atoms with Gasteiger partial charge in [-0.25, -0.2) is 0 Å². The molecular formula is C16H33N3O. The van der Waals surface area contributed by atoms with Crippen LogP contribution >= 0.6 is 0 Å².